The lowest BCUT2D eigenvalue weighted by molar-refractivity contribution is -0.242. The average molecular weight is 434 g/mol. The highest BCUT2D eigenvalue weighted by atomic mass is 16.7. The zero-order valence-electron chi connectivity index (χ0n) is 15.7. The zero-order chi connectivity index (χ0) is 22.4. The van der Waals surface area contributed by atoms with Crippen LogP contribution in [-0.4, -0.2) is 67.0 Å². The van der Waals surface area contributed by atoms with Gasteiger partial charge in [-0.25, -0.2) is 0 Å². The van der Waals surface area contributed by atoms with Crippen molar-refractivity contribution in [3.8, 4) is 40.1 Å². The van der Waals surface area contributed by atoms with E-state index in [0.717, 1.165) is 18.2 Å². The van der Waals surface area contributed by atoms with Gasteiger partial charge < -0.3 is 49.6 Å². The molecular weight excluding hydrogens is 416 g/mol. The monoisotopic (exact) mass is 434 g/mol. The summed E-state index contributed by atoms with van der Waals surface area (Å²) in [5, 5.41) is 68.9. The van der Waals surface area contributed by atoms with Gasteiger partial charge in [0.25, 0.3) is 0 Å². The topological polar surface area (TPSA) is 190 Å². The molecule has 1 aliphatic heterocycles. The Morgan fingerprint density at radius 3 is 2.32 bits per heavy atom. The van der Waals surface area contributed by atoms with E-state index >= 15 is 0 Å². The number of ether oxygens (including phenoxy) is 2. The van der Waals surface area contributed by atoms with Gasteiger partial charge in [-0.1, -0.05) is 0 Å². The van der Waals surface area contributed by atoms with Gasteiger partial charge in [-0.15, -0.1) is 0 Å². The number of rotatable bonds is 3. The Hall–Kier alpha value is -3.51. The first-order chi connectivity index (χ1) is 14.7. The molecule has 0 bridgehead atoms. The molecule has 0 unspecified atom stereocenters. The summed E-state index contributed by atoms with van der Waals surface area (Å²) in [4.78, 5) is 13.2. The van der Waals surface area contributed by atoms with Crippen LogP contribution in [0.3, 0.4) is 0 Å². The molecular formula is C20H18O11. The number of hydrogen-bond donors (Lipinski definition) is 7. The second kappa shape index (κ2) is 7.63. The molecule has 31 heavy (non-hydrogen) atoms. The SMILES string of the molecule is O=c1c(O[C@@H]2OC[C@H](O)[C@H](O)[C@H]2O)c(-c2ccc(O)cc2O)oc2cc(O)cc(O)c12. The van der Waals surface area contributed by atoms with Crippen LogP contribution in [0.2, 0.25) is 0 Å². The predicted octanol–water partition coefficient (Wildman–Crippen LogP) is 0.100. The van der Waals surface area contributed by atoms with Gasteiger partial charge in [-0.3, -0.25) is 4.79 Å². The summed E-state index contributed by atoms with van der Waals surface area (Å²) in [7, 11) is 0. The largest absolute Gasteiger partial charge is 0.508 e. The highest BCUT2D eigenvalue weighted by Gasteiger charge is 2.40. The average Bonchev–Trinajstić information content (AvgIpc) is 2.69. The van der Waals surface area contributed by atoms with Crippen LogP contribution >= 0.6 is 0 Å². The number of phenols is 4. The molecule has 3 aromatic rings. The molecule has 0 saturated carbocycles. The summed E-state index contributed by atoms with van der Waals surface area (Å²) < 4.78 is 16.3. The number of phenolic OH excluding ortho intramolecular Hbond substituents is 4. The molecule has 1 aliphatic rings. The van der Waals surface area contributed by atoms with Crippen molar-refractivity contribution in [3.63, 3.8) is 0 Å². The maximum atomic E-state index is 13.2. The lowest BCUT2D eigenvalue weighted by atomic mass is 10.1. The van der Waals surface area contributed by atoms with Crippen LogP contribution in [0, 0.1) is 0 Å². The summed E-state index contributed by atoms with van der Waals surface area (Å²) in [6.45, 7) is -0.402. The minimum atomic E-state index is -1.74. The van der Waals surface area contributed by atoms with Crippen molar-refractivity contribution in [2.24, 2.45) is 0 Å². The molecule has 0 radical (unpaired) electrons. The summed E-state index contributed by atoms with van der Waals surface area (Å²) in [5.41, 5.74) is -1.27. The van der Waals surface area contributed by atoms with Gasteiger partial charge in [-0.2, -0.15) is 0 Å². The van der Waals surface area contributed by atoms with E-state index in [1.807, 2.05) is 0 Å². The molecule has 4 atom stereocenters. The van der Waals surface area contributed by atoms with E-state index in [1.165, 1.54) is 12.1 Å². The van der Waals surface area contributed by atoms with Gasteiger partial charge in [0.2, 0.25) is 17.5 Å². The van der Waals surface area contributed by atoms with E-state index in [4.69, 9.17) is 13.9 Å². The number of aliphatic hydroxyl groups is 3. The van der Waals surface area contributed by atoms with Crippen molar-refractivity contribution in [2.45, 2.75) is 24.6 Å². The van der Waals surface area contributed by atoms with Crippen LogP contribution in [0.1, 0.15) is 0 Å². The van der Waals surface area contributed by atoms with Gasteiger partial charge >= 0.3 is 0 Å². The lowest BCUT2D eigenvalue weighted by Crippen LogP contribution is -2.55. The number of fused-ring (bicyclic) bond motifs is 1. The molecule has 7 N–H and O–H groups in total. The first kappa shape index (κ1) is 20.8. The van der Waals surface area contributed by atoms with Crippen LogP contribution in [0.5, 0.6) is 28.7 Å². The van der Waals surface area contributed by atoms with E-state index in [2.05, 4.69) is 0 Å². The van der Waals surface area contributed by atoms with Crippen LogP contribution in [0.4, 0.5) is 0 Å². The van der Waals surface area contributed by atoms with E-state index in [-0.39, 0.29) is 28.0 Å². The summed E-state index contributed by atoms with van der Waals surface area (Å²) in [6.07, 6.45) is -6.35. The van der Waals surface area contributed by atoms with Gasteiger partial charge in [0, 0.05) is 18.2 Å². The smallest absolute Gasteiger partial charge is 0.239 e. The maximum Gasteiger partial charge on any atom is 0.239 e. The Balaban J connectivity index is 1.93. The van der Waals surface area contributed by atoms with E-state index in [9.17, 15) is 40.5 Å². The Morgan fingerprint density at radius 1 is 0.903 bits per heavy atom. The number of aromatic hydroxyl groups is 4. The minimum absolute atomic E-state index is 0.0967. The molecule has 1 aromatic heterocycles. The molecule has 2 aromatic carbocycles. The van der Waals surface area contributed by atoms with Crippen molar-refractivity contribution in [3.05, 3.63) is 40.6 Å². The molecule has 4 rings (SSSR count). The van der Waals surface area contributed by atoms with Crippen molar-refractivity contribution in [1.29, 1.82) is 0 Å². The second-order valence-corrected chi connectivity index (χ2v) is 7.00. The molecule has 11 nitrogen and oxygen atoms in total. The van der Waals surface area contributed by atoms with Crippen LogP contribution in [0.15, 0.2) is 39.5 Å². The summed E-state index contributed by atoms with van der Waals surface area (Å²) >= 11 is 0. The number of benzene rings is 2. The van der Waals surface area contributed by atoms with Gasteiger partial charge in [0.15, 0.2) is 5.76 Å². The predicted molar refractivity (Wildman–Crippen MR) is 103 cm³/mol. The molecule has 2 heterocycles. The number of aliphatic hydroxyl groups excluding tert-OH is 3. The quantitative estimate of drug-likeness (QED) is 0.296. The van der Waals surface area contributed by atoms with Crippen LogP contribution in [-0.2, 0) is 4.74 Å². The minimum Gasteiger partial charge on any atom is -0.508 e. The third-order valence-corrected chi connectivity index (χ3v) is 4.83. The van der Waals surface area contributed by atoms with Crippen molar-refractivity contribution >= 4 is 11.0 Å². The van der Waals surface area contributed by atoms with E-state index in [1.54, 1.807) is 0 Å². The molecule has 1 fully saturated rings. The molecule has 0 aliphatic carbocycles. The maximum absolute atomic E-state index is 13.2. The molecule has 0 spiro atoms. The van der Waals surface area contributed by atoms with Gasteiger partial charge in [0.1, 0.15) is 52.3 Å². The fourth-order valence-electron chi connectivity index (χ4n) is 3.26. The zero-order valence-corrected chi connectivity index (χ0v) is 15.7. The van der Waals surface area contributed by atoms with E-state index < -0.39 is 59.6 Å². The summed E-state index contributed by atoms with van der Waals surface area (Å²) in [5.74, 6) is -2.73. The van der Waals surface area contributed by atoms with E-state index in [0.29, 0.717) is 0 Å². The highest BCUT2D eigenvalue weighted by molar-refractivity contribution is 5.88. The van der Waals surface area contributed by atoms with Crippen LogP contribution < -0.4 is 10.2 Å². The van der Waals surface area contributed by atoms with Crippen LogP contribution in [0.25, 0.3) is 22.3 Å². The lowest BCUT2D eigenvalue weighted by Gasteiger charge is -2.34. The standard InChI is InChI=1S/C20H18O11/c21-7-1-2-9(10(23)3-7)18-19(31-20-17(28)15(26)12(25)6-29-20)16(27)14-11(24)4-8(22)5-13(14)30-18/h1-5,12,15,17,20-26,28H,6H2/t12-,15-,17+,20-/m0/s1. The third kappa shape index (κ3) is 3.59. The third-order valence-electron chi connectivity index (χ3n) is 4.83. The molecule has 164 valence electrons. The summed E-state index contributed by atoms with van der Waals surface area (Å²) in [6, 6.07) is 5.38. The molecule has 1 saturated heterocycles. The first-order valence-corrected chi connectivity index (χ1v) is 9.05. The highest BCUT2D eigenvalue weighted by Crippen LogP contribution is 2.40. The van der Waals surface area contributed by atoms with Crippen molar-refractivity contribution in [2.75, 3.05) is 6.61 Å². The Bertz CT molecular complexity index is 1200. The van der Waals surface area contributed by atoms with Crippen molar-refractivity contribution < 1.29 is 49.6 Å². The fourth-order valence-corrected chi connectivity index (χ4v) is 3.26. The second-order valence-electron chi connectivity index (χ2n) is 7.00. The normalized spacial score (nSPS) is 23.7. The van der Waals surface area contributed by atoms with Gasteiger partial charge in [-0.05, 0) is 12.1 Å². The van der Waals surface area contributed by atoms with Gasteiger partial charge in [0.05, 0.1) is 12.2 Å². The van der Waals surface area contributed by atoms with Crippen molar-refractivity contribution in [1.82, 2.24) is 0 Å². The Kier molecular flexibility index (Phi) is 5.11. The molecule has 0 amide bonds. The Morgan fingerprint density at radius 2 is 1.61 bits per heavy atom. The first-order valence-electron chi connectivity index (χ1n) is 9.05. The Labute approximate surface area is 173 Å². The molecule has 11 heteroatoms. The number of hydrogen-bond acceptors (Lipinski definition) is 11. The fraction of sp³-hybridized carbons (Fsp3) is 0.250.